The number of Topliss-reactive ketones (excluding diaryl/α,β-unsaturated/α-hetero) is 1. The molecule has 0 aliphatic heterocycles. The Labute approximate surface area is 79.4 Å². The minimum Gasteiger partial charge on any atom is -0.299 e. The Balaban J connectivity index is 2.81. The molecule has 1 aliphatic rings. The molecule has 0 saturated heterocycles. The van der Waals surface area contributed by atoms with Crippen LogP contribution in [0.1, 0.15) is 39.5 Å². The van der Waals surface area contributed by atoms with E-state index in [9.17, 15) is 13.2 Å². The number of carbonyl (C=O) groups excluding carboxylic acids is 1. The zero-order valence-corrected chi connectivity index (χ0v) is 8.93. The zero-order valence-electron chi connectivity index (χ0n) is 8.12. The van der Waals surface area contributed by atoms with E-state index in [4.69, 9.17) is 0 Å². The Hall–Kier alpha value is -0.380. The molecule has 1 fully saturated rings. The number of rotatable bonds is 3. The van der Waals surface area contributed by atoms with Crippen LogP contribution in [0.15, 0.2) is 0 Å². The molecule has 1 rings (SSSR count). The van der Waals surface area contributed by atoms with E-state index in [0.29, 0.717) is 0 Å². The standard InChI is InChI=1S/C9H16O3S/c1-7(10)8(2)13(11,12)9-5-3-4-6-9/h8-9H,3-6H2,1-2H3. The van der Waals surface area contributed by atoms with Crippen molar-refractivity contribution in [2.45, 2.75) is 50.0 Å². The lowest BCUT2D eigenvalue weighted by Crippen LogP contribution is -2.32. The molecule has 0 aromatic rings. The Bertz CT molecular complexity index is 286. The van der Waals surface area contributed by atoms with Crippen LogP contribution < -0.4 is 0 Å². The van der Waals surface area contributed by atoms with Gasteiger partial charge in [-0.2, -0.15) is 0 Å². The molecular formula is C9H16O3S. The lowest BCUT2D eigenvalue weighted by Gasteiger charge is -2.15. The minimum atomic E-state index is -3.19. The van der Waals surface area contributed by atoms with E-state index in [-0.39, 0.29) is 11.0 Å². The Morgan fingerprint density at radius 2 is 1.77 bits per heavy atom. The van der Waals surface area contributed by atoms with Crippen molar-refractivity contribution in [3.63, 3.8) is 0 Å². The van der Waals surface area contributed by atoms with Crippen LogP contribution in [-0.2, 0) is 14.6 Å². The van der Waals surface area contributed by atoms with Crippen molar-refractivity contribution < 1.29 is 13.2 Å². The summed E-state index contributed by atoms with van der Waals surface area (Å²) in [7, 11) is -3.19. The summed E-state index contributed by atoms with van der Waals surface area (Å²) < 4.78 is 23.5. The highest BCUT2D eigenvalue weighted by molar-refractivity contribution is 7.93. The topological polar surface area (TPSA) is 51.2 Å². The third-order valence-corrected chi connectivity index (χ3v) is 5.55. The van der Waals surface area contributed by atoms with E-state index in [2.05, 4.69) is 0 Å². The molecule has 76 valence electrons. The first-order chi connectivity index (χ1) is 5.96. The van der Waals surface area contributed by atoms with Gasteiger partial charge in [0.2, 0.25) is 0 Å². The Morgan fingerprint density at radius 3 is 2.15 bits per heavy atom. The second kappa shape index (κ2) is 3.78. The molecule has 4 heteroatoms. The highest BCUT2D eigenvalue weighted by atomic mass is 32.2. The second-order valence-corrected chi connectivity index (χ2v) is 6.30. The fourth-order valence-electron chi connectivity index (χ4n) is 1.74. The van der Waals surface area contributed by atoms with Crippen molar-refractivity contribution in [3.8, 4) is 0 Å². The van der Waals surface area contributed by atoms with Crippen LogP contribution in [0.3, 0.4) is 0 Å². The quantitative estimate of drug-likeness (QED) is 0.696. The summed E-state index contributed by atoms with van der Waals surface area (Å²) in [6.45, 7) is 2.84. The lowest BCUT2D eigenvalue weighted by atomic mass is 10.3. The predicted octanol–water partition coefficient (Wildman–Crippen LogP) is 1.32. The van der Waals surface area contributed by atoms with Gasteiger partial charge in [0.05, 0.1) is 5.25 Å². The summed E-state index contributed by atoms with van der Waals surface area (Å²) in [5, 5.41) is -1.07. The van der Waals surface area contributed by atoms with Crippen molar-refractivity contribution in [1.29, 1.82) is 0 Å². The van der Waals surface area contributed by atoms with Crippen LogP contribution in [0.2, 0.25) is 0 Å². The number of hydrogen-bond donors (Lipinski definition) is 0. The maximum absolute atomic E-state index is 11.8. The summed E-state index contributed by atoms with van der Waals surface area (Å²) in [4.78, 5) is 11.0. The second-order valence-electron chi connectivity index (χ2n) is 3.75. The molecule has 0 aromatic carbocycles. The first kappa shape index (κ1) is 10.7. The highest BCUT2D eigenvalue weighted by Crippen LogP contribution is 2.27. The van der Waals surface area contributed by atoms with Gasteiger partial charge < -0.3 is 0 Å². The molecule has 0 aromatic heterocycles. The van der Waals surface area contributed by atoms with Crippen molar-refractivity contribution in [2.75, 3.05) is 0 Å². The van der Waals surface area contributed by atoms with E-state index >= 15 is 0 Å². The largest absolute Gasteiger partial charge is 0.299 e. The molecule has 0 spiro atoms. The van der Waals surface area contributed by atoms with Gasteiger partial charge in [-0.05, 0) is 26.7 Å². The van der Waals surface area contributed by atoms with Crippen LogP contribution >= 0.6 is 0 Å². The fraction of sp³-hybridized carbons (Fsp3) is 0.889. The van der Waals surface area contributed by atoms with Crippen LogP contribution in [0.5, 0.6) is 0 Å². The van der Waals surface area contributed by atoms with E-state index in [1.54, 1.807) is 0 Å². The fourth-order valence-corrected chi connectivity index (χ4v) is 3.77. The monoisotopic (exact) mass is 204 g/mol. The van der Waals surface area contributed by atoms with Crippen molar-refractivity contribution in [2.24, 2.45) is 0 Å². The van der Waals surface area contributed by atoms with E-state index in [0.717, 1.165) is 25.7 Å². The van der Waals surface area contributed by atoms with Crippen LogP contribution in [0.25, 0.3) is 0 Å². The van der Waals surface area contributed by atoms with Crippen LogP contribution in [0, 0.1) is 0 Å². The zero-order chi connectivity index (χ0) is 10.1. The SMILES string of the molecule is CC(=O)C(C)S(=O)(=O)C1CCCC1. The molecule has 1 saturated carbocycles. The van der Waals surface area contributed by atoms with Gasteiger partial charge in [-0.15, -0.1) is 0 Å². The smallest absolute Gasteiger partial charge is 0.162 e. The maximum atomic E-state index is 11.8. The first-order valence-electron chi connectivity index (χ1n) is 4.69. The molecule has 0 bridgehead atoms. The Kier molecular flexibility index (Phi) is 3.11. The van der Waals surface area contributed by atoms with Gasteiger partial charge in [0.25, 0.3) is 0 Å². The molecule has 0 heterocycles. The van der Waals surface area contributed by atoms with Crippen molar-refractivity contribution in [3.05, 3.63) is 0 Å². The molecule has 1 unspecified atom stereocenters. The number of hydrogen-bond acceptors (Lipinski definition) is 3. The average Bonchev–Trinajstić information content (AvgIpc) is 2.54. The average molecular weight is 204 g/mol. The minimum absolute atomic E-state index is 0.244. The van der Waals surface area contributed by atoms with Crippen molar-refractivity contribution >= 4 is 15.6 Å². The van der Waals surface area contributed by atoms with Crippen molar-refractivity contribution in [1.82, 2.24) is 0 Å². The summed E-state index contributed by atoms with van der Waals surface area (Å²) >= 11 is 0. The summed E-state index contributed by atoms with van der Waals surface area (Å²) in [6, 6.07) is 0. The lowest BCUT2D eigenvalue weighted by molar-refractivity contribution is -0.116. The third-order valence-electron chi connectivity index (χ3n) is 2.83. The molecule has 0 amide bonds. The van der Waals surface area contributed by atoms with Gasteiger partial charge in [0.15, 0.2) is 9.84 Å². The Morgan fingerprint density at radius 1 is 1.31 bits per heavy atom. The maximum Gasteiger partial charge on any atom is 0.162 e. The van der Waals surface area contributed by atoms with Gasteiger partial charge in [-0.25, -0.2) is 8.42 Å². The van der Waals surface area contributed by atoms with Gasteiger partial charge in [-0.1, -0.05) is 12.8 Å². The summed E-state index contributed by atoms with van der Waals surface area (Å²) in [5.74, 6) is -0.244. The van der Waals surface area contributed by atoms with E-state index in [1.807, 2.05) is 0 Å². The van der Waals surface area contributed by atoms with Crippen LogP contribution in [0.4, 0.5) is 0 Å². The van der Waals surface area contributed by atoms with Crippen LogP contribution in [-0.4, -0.2) is 24.7 Å². The summed E-state index contributed by atoms with van der Waals surface area (Å²) in [6.07, 6.45) is 3.43. The molecule has 13 heavy (non-hydrogen) atoms. The number of carbonyl (C=O) groups is 1. The van der Waals surface area contributed by atoms with Gasteiger partial charge >= 0.3 is 0 Å². The summed E-state index contributed by atoms with van der Waals surface area (Å²) in [5.41, 5.74) is 0. The highest BCUT2D eigenvalue weighted by Gasteiger charge is 2.35. The normalized spacial score (nSPS) is 21.7. The van der Waals surface area contributed by atoms with Gasteiger partial charge in [0, 0.05) is 0 Å². The third kappa shape index (κ3) is 2.10. The molecule has 0 N–H and O–H groups in total. The van der Waals surface area contributed by atoms with Gasteiger partial charge in [-0.3, -0.25) is 4.79 Å². The first-order valence-corrected chi connectivity index (χ1v) is 6.30. The molecule has 1 aliphatic carbocycles. The predicted molar refractivity (Wildman–Crippen MR) is 51.3 cm³/mol. The molecular weight excluding hydrogens is 188 g/mol. The number of sulfone groups is 1. The van der Waals surface area contributed by atoms with E-state index < -0.39 is 15.1 Å². The van der Waals surface area contributed by atoms with E-state index in [1.165, 1.54) is 13.8 Å². The molecule has 1 atom stereocenters. The van der Waals surface area contributed by atoms with Gasteiger partial charge in [0.1, 0.15) is 11.0 Å². The number of ketones is 1. The molecule has 0 radical (unpaired) electrons. The molecule has 3 nitrogen and oxygen atoms in total.